The standard InChI is InChI=1S/C15H24N4O6/c16-12(22)1-2-17-14(24)7-3-9(13(23)11(21)4-7)19-15(25)10-5-8(20)6-18-10/h3,8-11,13,18,20-21,23H,1-2,4-6H2,(H2,16,22)(H,17,24)(H,19,25)/p+1/t8-,9-,10+,11-,13-/m1/s1. The molecular weight excluding hydrogens is 332 g/mol. The molecule has 0 aromatic heterocycles. The third-order valence-corrected chi connectivity index (χ3v) is 4.38. The van der Waals surface area contributed by atoms with Crippen LogP contribution < -0.4 is 21.7 Å². The van der Waals surface area contributed by atoms with Gasteiger partial charge in [0.2, 0.25) is 11.8 Å². The van der Waals surface area contributed by atoms with Crippen LogP contribution in [0.4, 0.5) is 0 Å². The number of rotatable bonds is 6. The molecule has 0 unspecified atom stereocenters. The molecule has 1 aliphatic carbocycles. The maximum absolute atomic E-state index is 12.2. The fourth-order valence-corrected chi connectivity index (χ4v) is 2.97. The third-order valence-electron chi connectivity index (χ3n) is 4.38. The Morgan fingerprint density at radius 2 is 2.00 bits per heavy atom. The molecule has 0 bridgehead atoms. The number of aliphatic hydroxyl groups is 3. The molecule has 0 aromatic carbocycles. The minimum atomic E-state index is -1.24. The quantitative estimate of drug-likeness (QED) is 0.251. The van der Waals surface area contributed by atoms with E-state index in [-0.39, 0.29) is 30.9 Å². The lowest BCUT2D eigenvalue weighted by Gasteiger charge is -2.31. The van der Waals surface area contributed by atoms with Crippen molar-refractivity contribution >= 4 is 17.7 Å². The second-order valence-corrected chi connectivity index (χ2v) is 6.43. The van der Waals surface area contributed by atoms with Crippen LogP contribution in [0, 0.1) is 0 Å². The van der Waals surface area contributed by atoms with Crippen LogP contribution in [0.25, 0.3) is 0 Å². The van der Waals surface area contributed by atoms with Crippen molar-refractivity contribution < 1.29 is 35.0 Å². The van der Waals surface area contributed by atoms with Gasteiger partial charge in [-0.25, -0.2) is 0 Å². The number of amides is 3. The average Bonchev–Trinajstić information content (AvgIpc) is 2.97. The summed E-state index contributed by atoms with van der Waals surface area (Å²) in [6, 6.07) is -1.39. The summed E-state index contributed by atoms with van der Waals surface area (Å²) in [6.45, 7) is 0.493. The molecule has 3 amide bonds. The van der Waals surface area contributed by atoms with Crippen LogP contribution in [-0.4, -0.2) is 76.5 Å². The number of nitrogens with two attached hydrogens (primary N) is 2. The zero-order chi connectivity index (χ0) is 18.6. The first-order chi connectivity index (χ1) is 11.8. The van der Waals surface area contributed by atoms with Crippen LogP contribution >= 0.6 is 0 Å². The summed E-state index contributed by atoms with van der Waals surface area (Å²) in [5, 5.41) is 36.3. The van der Waals surface area contributed by atoms with Gasteiger partial charge >= 0.3 is 0 Å². The average molecular weight is 357 g/mol. The fourth-order valence-electron chi connectivity index (χ4n) is 2.97. The lowest BCUT2D eigenvalue weighted by molar-refractivity contribution is -0.659. The molecular formula is C15H25N4O6+. The molecule has 2 aliphatic rings. The van der Waals surface area contributed by atoms with Gasteiger partial charge in [-0.15, -0.1) is 0 Å². The summed E-state index contributed by atoms with van der Waals surface area (Å²) in [5.74, 6) is -1.41. The van der Waals surface area contributed by atoms with Crippen molar-refractivity contribution in [3.05, 3.63) is 11.6 Å². The Bertz CT molecular complexity index is 566. The van der Waals surface area contributed by atoms with Gasteiger partial charge in [0, 0.05) is 31.4 Å². The summed E-state index contributed by atoms with van der Waals surface area (Å²) < 4.78 is 0. The zero-order valence-corrected chi connectivity index (χ0v) is 13.7. The van der Waals surface area contributed by atoms with Crippen molar-refractivity contribution in [3.8, 4) is 0 Å². The summed E-state index contributed by atoms with van der Waals surface area (Å²) in [4.78, 5) is 35.0. The highest BCUT2D eigenvalue weighted by Crippen LogP contribution is 2.20. The number of aliphatic hydroxyl groups excluding tert-OH is 3. The van der Waals surface area contributed by atoms with E-state index in [4.69, 9.17) is 5.73 Å². The molecule has 1 aliphatic heterocycles. The zero-order valence-electron chi connectivity index (χ0n) is 13.7. The summed E-state index contributed by atoms with van der Waals surface area (Å²) >= 11 is 0. The van der Waals surface area contributed by atoms with Gasteiger partial charge < -0.3 is 37.0 Å². The van der Waals surface area contributed by atoms with Crippen molar-refractivity contribution in [2.24, 2.45) is 5.73 Å². The Hall–Kier alpha value is -2.01. The Morgan fingerprint density at radius 1 is 1.28 bits per heavy atom. The lowest BCUT2D eigenvalue weighted by Crippen LogP contribution is -2.90. The molecule has 140 valence electrons. The minimum Gasteiger partial charge on any atom is -0.390 e. The first-order valence-electron chi connectivity index (χ1n) is 8.23. The first kappa shape index (κ1) is 19.3. The van der Waals surface area contributed by atoms with Crippen LogP contribution in [0.2, 0.25) is 0 Å². The largest absolute Gasteiger partial charge is 0.390 e. The van der Waals surface area contributed by atoms with Crippen LogP contribution in [0.1, 0.15) is 19.3 Å². The number of carbonyl (C=O) groups is 3. The van der Waals surface area contributed by atoms with Crippen molar-refractivity contribution in [2.45, 2.75) is 49.7 Å². The summed E-state index contributed by atoms with van der Waals surface area (Å²) in [7, 11) is 0. The van der Waals surface area contributed by atoms with E-state index >= 15 is 0 Å². The van der Waals surface area contributed by atoms with Gasteiger partial charge in [-0.1, -0.05) is 6.08 Å². The molecule has 10 nitrogen and oxygen atoms in total. The van der Waals surface area contributed by atoms with Gasteiger partial charge in [-0.05, 0) is 0 Å². The first-order valence-corrected chi connectivity index (χ1v) is 8.23. The molecule has 0 spiro atoms. The number of carbonyl (C=O) groups excluding carboxylic acids is 3. The van der Waals surface area contributed by atoms with Crippen molar-refractivity contribution in [1.29, 1.82) is 0 Å². The van der Waals surface area contributed by atoms with Crippen LogP contribution in [-0.2, 0) is 14.4 Å². The minimum absolute atomic E-state index is 0.00972. The smallest absolute Gasteiger partial charge is 0.278 e. The molecule has 9 N–H and O–H groups in total. The van der Waals surface area contributed by atoms with E-state index in [1.54, 1.807) is 5.32 Å². The normalized spacial score (nSPS) is 32.0. The highest BCUT2D eigenvalue weighted by Gasteiger charge is 2.37. The molecule has 5 atom stereocenters. The highest BCUT2D eigenvalue weighted by molar-refractivity contribution is 5.94. The molecule has 0 aromatic rings. The van der Waals surface area contributed by atoms with Crippen LogP contribution in [0.5, 0.6) is 0 Å². The number of primary amides is 1. The van der Waals surface area contributed by atoms with Gasteiger partial charge in [-0.2, -0.15) is 0 Å². The topological polar surface area (TPSA) is 179 Å². The van der Waals surface area contributed by atoms with E-state index in [0.717, 1.165) is 0 Å². The second kappa shape index (κ2) is 8.39. The molecule has 2 rings (SSSR count). The molecule has 1 fully saturated rings. The van der Waals surface area contributed by atoms with Crippen molar-refractivity contribution in [3.63, 3.8) is 0 Å². The fraction of sp³-hybridized carbons (Fsp3) is 0.667. The Labute approximate surface area is 144 Å². The van der Waals surface area contributed by atoms with E-state index in [0.29, 0.717) is 13.0 Å². The number of nitrogens with one attached hydrogen (secondary N) is 2. The molecule has 10 heteroatoms. The van der Waals surface area contributed by atoms with Gasteiger partial charge in [-0.3, -0.25) is 14.4 Å². The van der Waals surface area contributed by atoms with Crippen molar-refractivity contribution in [1.82, 2.24) is 10.6 Å². The van der Waals surface area contributed by atoms with E-state index in [2.05, 4.69) is 10.6 Å². The second-order valence-electron chi connectivity index (χ2n) is 6.43. The molecule has 25 heavy (non-hydrogen) atoms. The number of hydrogen-bond acceptors (Lipinski definition) is 6. The molecule has 1 heterocycles. The predicted molar refractivity (Wildman–Crippen MR) is 84.7 cm³/mol. The molecule has 0 radical (unpaired) electrons. The van der Waals surface area contributed by atoms with Gasteiger partial charge in [0.1, 0.15) is 18.8 Å². The lowest BCUT2D eigenvalue weighted by atomic mass is 9.89. The van der Waals surface area contributed by atoms with Crippen molar-refractivity contribution in [2.75, 3.05) is 13.1 Å². The van der Waals surface area contributed by atoms with Crippen LogP contribution in [0.15, 0.2) is 11.6 Å². The molecule has 1 saturated heterocycles. The Morgan fingerprint density at radius 3 is 2.60 bits per heavy atom. The van der Waals surface area contributed by atoms with Gasteiger partial charge in [0.25, 0.3) is 5.91 Å². The van der Waals surface area contributed by atoms with E-state index in [9.17, 15) is 29.7 Å². The maximum Gasteiger partial charge on any atom is 0.278 e. The van der Waals surface area contributed by atoms with E-state index in [1.807, 2.05) is 0 Å². The number of quaternary nitrogens is 1. The maximum atomic E-state index is 12.2. The molecule has 0 saturated carbocycles. The Balaban J connectivity index is 1.98. The summed E-state index contributed by atoms with van der Waals surface area (Å²) in [5.41, 5.74) is 5.21. The van der Waals surface area contributed by atoms with Gasteiger partial charge in [0.05, 0.1) is 12.1 Å². The van der Waals surface area contributed by atoms with Gasteiger partial charge in [0.15, 0.2) is 6.04 Å². The number of hydrogen-bond donors (Lipinski definition) is 7. The predicted octanol–water partition coefficient (Wildman–Crippen LogP) is -4.79. The van der Waals surface area contributed by atoms with E-state index in [1.165, 1.54) is 6.08 Å². The summed E-state index contributed by atoms with van der Waals surface area (Å²) in [6.07, 6.45) is -1.36. The SMILES string of the molecule is NC(=O)CCNC(=O)C1=C[C@@H](NC(=O)[C@@H]2C[C@@H](O)C[NH2+]2)[C@@H](O)[C@H](O)C1. The van der Waals surface area contributed by atoms with Crippen LogP contribution in [0.3, 0.4) is 0 Å². The Kier molecular flexibility index (Phi) is 6.48. The third kappa shape index (κ3) is 5.23. The monoisotopic (exact) mass is 357 g/mol. The van der Waals surface area contributed by atoms with E-state index < -0.39 is 42.2 Å². The highest BCUT2D eigenvalue weighted by atomic mass is 16.3.